The van der Waals surface area contributed by atoms with E-state index in [1.807, 2.05) is 0 Å². The van der Waals surface area contributed by atoms with Crippen molar-refractivity contribution in [3.63, 3.8) is 0 Å². The minimum Gasteiger partial charge on any atom is -0.456 e. The molecule has 0 N–H and O–H groups in total. The summed E-state index contributed by atoms with van der Waals surface area (Å²) >= 11 is 0. The lowest BCUT2D eigenvalue weighted by molar-refractivity contribution is -0.920. The molecular formula is C47H38N4O+2. The molecule has 4 aromatic heterocycles. The van der Waals surface area contributed by atoms with Crippen LogP contribution in [-0.2, 0) is 5.66 Å². The van der Waals surface area contributed by atoms with Gasteiger partial charge in [0.25, 0.3) is 11.3 Å². The monoisotopic (exact) mass is 674 g/mol. The summed E-state index contributed by atoms with van der Waals surface area (Å²) < 4.78 is 17.9. The molecule has 0 radical (unpaired) electrons. The maximum absolute atomic E-state index is 7.07. The van der Waals surface area contributed by atoms with E-state index in [1.54, 1.807) is 11.1 Å². The van der Waals surface area contributed by atoms with Crippen LogP contribution in [-0.4, -0.2) is 9.13 Å². The standard InChI is InChI=1S/C47H38N4O/c1-3-13-27(14-4-1)31-25-37-38-26-32(28-15-5-2-6-16-28)42-30-18-8-10-20-34(30)49-36-22-12-24-40-44(36)47(51(38)46(42)49)43-35(21-11-23-39(43)52-40)48-33-19-9-7-17-29(33)41(31)45(48)50(37)47/h7-12,17-28H,1-6,13-16H2/q+2. The van der Waals surface area contributed by atoms with Crippen LogP contribution in [0.1, 0.15) is 98.3 Å². The van der Waals surface area contributed by atoms with Gasteiger partial charge in [0.15, 0.2) is 11.4 Å². The first-order valence-electron chi connectivity index (χ1n) is 19.8. The maximum atomic E-state index is 7.07. The van der Waals surface area contributed by atoms with E-state index in [2.05, 4.69) is 115 Å². The van der Waals surface area contributed by atoms with Gasteiger partial charge in [-0.3, -0.25) is 0 Å². The van der Waals surface area contributed by atoms with Crippen molar-refractivity contribution in [1.82, 2.24) is 9.13 Å². The molecule has 2 aliphatic carbocycles. The average molecular weight is 675 g/mol. The maximum Gasteiger partial charge on any atom is 0.323 e. The fourth-order valence-electron chi connectivity index (χ4n) is 12.3. The molecular weight excluding hydrogens is 637 g/mol. The van der Waals surface area contributed by atoms with Crippen molar-refractivity contribution in [1.29, 1.82) is 0 Å². The Hall–Kier alpha value is -5.42. The molecule has 0 atom stereocenters. The normalized spacial score (nSPS) is 18.9. The summed E-state index contributed by atoms with van der Waals surface area (Å²) in [5.41, 5.74) is 15.5. The predicted octanol–water partition coefficient (Wildman–Crippen LogP) is 10.6. The second-order valence-corrected chi connectivity index (χ2v) is 16.5. The van der Waals surface area contributed by atoms with E-state index in [1.165, 1.54) is 142 Å². The van der Waals surface area contributed by atoms with Crippen molar-refractivity contribution in [3.05, 3.63) is 119 Å². The largest absolute Gasteiger partial charge is 0.456 e. The van der Waals surface area contributed by atoms with Gasteiger partial charge in [-0.1, -0.05) is 74.9 Å². The van der Waals surface area contributed by atoms with Gasteiger partial charge in [-0.2, -0.15) is 18.3 Å². The minimum atomic E-state index is -0.623. The highest BCUT2D eigenvalue weighted by Gasteiger charge is 2.69. The van der Waals surface area contributed by atoms with E-state index in [9.17, 15) is 0 Å². The third-order valence-corrected chi connectivity index (χ3v) is 14.2. The molecule has 0 unspecified atom stereocenters. The summed E-state index contributed by atoms with van der Waals surface area (Å²) in [6.07, 6.45) is 13.0. The molecule has 0 amide bonds. The number of rotatable bonds is 2. The highest BCUT2D eigenvalue weighted by molar-refractivity contribution is 6.12. The van der Waals surface area contributed by atoms with E-state index in [4.69, 9.17) is 4.74 Å². The molecule has 0 bridgehead atoms. The Labute approximate surface area is 301 Å². The van der Waals surface area contributed by atoms with E-state index in [0.29, 0.717) is 11.8 Å². The number of ether oxygens (including phenoxy) is 1. The van der Waals surface area contributed by atoms with Crippen LogP contribution in [0.5, 0.6) is 11.5 Å². The van der Waals surface area contributed by atoms with Crippen LogP contribution in [0.2, 0.25) is 0 Å². The molecule has 4 aromatic carbocycles. The Morgan fingerprint density at radius 3 is 1.46 bits per heavy atom. The van der Waals surface area contributed by atoms with Gasteiger partial charge in [-0.05, 0) is 109 Å². The lowest BCUT2D eigenvalue weighted by Gasteiger charge is -2.39. The van der Waals surface area contributed by atoms with Gasteiger partial charge in [-0.15, -0.1) is 0 Å². The molecule has 1 spiro atoms. The zero-order valence-corrected chi connectivity index (χ0v) is 29.2. The quantitative estimate of drug-likeness (QED) is 0.168. The number of aromatic nitrogens is 4. The van der Waals surface area contributed by atoms with E-state index in [0.717, 1.165) is 11.5 Å². The van der Waals surface area contributed by atoms with Crippen LogP contribution in [0.15, 0.2) is 97.1 Å². The van der Waals surface area contributed by atoms with E-state index < -0.39 is 5.66 Å². The molecule has 8 heterocycles. The molecule has 5 nitrogen and oxygen atoms in total. The summed E-state index contributed by atoms with van der Waals surface area (Å²) in [6.45, 7) is 0. The van der Waals surface area contributed by atoms with Crippen molar-refractivity contribution in [2.24, 2.45) is 0 Å². The van der Waals surface area contributed by atoms with Gasteiger partial charge in [0.05, 0.1) is 10.8 Å². The van der Waals surface area contributed by atoms with Crippen molar-refractivity contribution in [2.75, 3.05) is 0 Å². The fourth-order valence-corrected chi connectivity index (χ4v) is 12.3. The lowest BCUT2D eigenvalue weighted by atomic mass is 9.80. The van der Waals surface area contributed by atoms with Crippen LogP contribution in [0.4, 0.5) is 0 Å². The summed E-state index contributed by atoms with van der Waals surface area (Å²) in [6, 6.07) is 37.3. The second kappa shape index (κ2) is 9.14. The van der Waals surface area contributed by atoms with Crippen LogP contribution in [0, 0.1) is 0 Å². The number of para-hydroxylation sites is 2. The first kappa shape index (κ1) is 27.3. The van der Waals surface area contributed by atoms with Crippen LogP contribution < -0.4 is 13.9 Å². The first-order chi connectivity index (χ1) is 25.8. The fraction of sp³-hybridized carbons (Fsp3) is 0.277. The Morgan fingerprint density at radius 2 is 0.981 bits per heavy atom. The minimum absolute atomic E-state index is 0.562. The molecule has 14 rings (SSSR count). The van der Waals surface area contributed by atoms with Crippen molar-refractivity contribution < 1.29 is 13.9 Å². The summed E-state index contributed by atoms with van der Waals surface area (Å²) in [5.74, 6) is 3.05. The number of hydrogen-bond acceptors (Lipinski definition) is 1. The Balaban J connectivity index is 1.29. The Kier molecular flexibility index (Phi) is 4.79. The van der Waals surface area contributed by atoms with E-state index in [-0.39, 0.29) is 0 Å². The number of nitrogens with zero attached hydrogens (tertiary/aromatic N) is 4. The molecule has 0 saturated heterocycles. The Morgan fingerprint density at radius 1 is 0.519 bits per heavy atom. The molecule has 52 heavy (non-hydrogen) atoms. The zero-order valence-electron chi connectivity index (χ0n) is 29.2. The second-order valence-electron chi connectivity index (χ2n) is 16.5. The molecule has 250 valence electrons. The topological polar surface area (TPSA) is 26.8 Å². The van der Waals surface area contributed by atoms with Crippen LogP contribution in [0.3, 0.4) is 0 Å². The third-order valence-electron chi connectivity index (χ3n) is 14.2. The average Bonchev–Trinajstić information content (AvgIpc) is 3.83. The zero-order chi connectivity index (χ0) is 33.4. The highest BCUT2D eigenvalue weighted by atomic mass is 16.5. The van der Waals surface area contributed by atoms with Crippen molar-refractivity contribution >= 4 is 43.9 Å². The highest BCUT2D eigenvalue weighted by Crippen LogP contribution is 2.59. The van der Waals surface area contributed by atoms with Crippen LogP contribution in [0.25, 0.3) is 66.6 Å². The lowest BCUT2D eigenvalue weighted by Crippen LogP contribution is -2.75. The first-order valence-corrected chi connectivity index (χ1v) is 19.8. The molecule has 2 saturated carbocycles. The van der Waals surface area contributed by atoms with Gasteiger partial charge in [-0.25, -0.2) is 0 Å². The van der Waals surface area contributed by atoms with Gasteiger partial charge in [0.1, 0.15) is 45.0 Å². The third kappa shape index (κ3) is 2.84. The van der Waals surface area contributed by atoms with Gasteiger partial charge in [0.2, 0.25) is 0 Å². The molecule has 6 aliphatic rings. The number of fused-ring (bicyclic) bond motifs is 9. The van der Waals surface area contributed by atoms with Gasteiger partial charge >= 0.3 is 5.66 Å². The van der Waals surface area contributed by atoms with Gasteiger partial charge < -0.3 is 4.74 Å². The smallest absolute Gasteiger partial charge is 0.323 e. The number of pyridine rings is 2. The van der Waals surface area contributed by atoms with Crippen molar-refractivity contribution in [2.45, 2.75) is 81.7 Å². The predicted molar refractivity (Wildman–Crippen MR) is 204 cm³/mol. The summed E-state index contributed by atoms with van der Waals surface area (Å²) in [4.78, 5) is 0. The van der Waals surface area contributed by atoms with Gasteiger partial charge in [0, 0.05) is 10.8 Å². The number of hydrogen-bond donors (Lipinski definition) is 0. The Bertz CT molecular complexity index is 2770. The summed E-state index contributed by atoms with van der Waals surface area (Å²) in [7, 11) is 0. The SMILES string of the molecule is c1cc2c3c(c1)-n1c4ccccc4c4c(C5CCCCC5)cc5[n+](c41)C31c3c(cccc3-n3c4ccccc4c4c(C6CCCCC6)cc-5[n+]1c43)O2. The molecule has 4 aliphatic heterocycles. The van der Waals surface area contributed by atoms with E-state index >= 15 is 0 Å². The molecule has 5 heteroatoms. The number of benzene rings is 4. The van der Waals surface area contributed by atoms with Crippen LogP contribution >= 0.6 is 0 Å². The molecule has 2 fully saturated rings. The molecule has 8 aromatic rings. The summed E-state index contributed by atoms with van der Waals surface area (Å²) in [5, 5.41) is 5.64. The van der Waals surface area contributed by atoms with Crippen molar-refractivity contribution in [3.8, 4) is 34.3 Å².